The van der Waals surface area contributed by atoms with Gasteiger partial charge in [-0.05, 0) is 24.5 Å². The second-order valence-corrected chi connectivity index (χ2v) is 8.46. The standard InChI is InChI=1S/C18H30O3S.C4H10O3.Cu/c1-2-3-4-5-6-7-8-9-10-11-14-17-15-12-13-16-18(17)22(19,20)21;5-1-3-7-4-2-6;/h12-13,15-16H,2-11,14H2,1H3,(H,19,20,21);5-6H,1-4H2;. The van der Waals surface area contributed by atoms with Crippen molar-refractivity contribution < 1.29 is 45.0 Å². The van der Waals surface area contributed by atoms with Crippen molar-refractivity contribution >= 4 is 10.1 Å². The molecule has 0 atom stereocenters. The molecule has 6 nitrogen and oxygen atoms in total. The third-order valence-corrected chi connectivity index (χ3v) is 5.48. The van der Waals surface area contributed by atoms with Gasteiger partial charge in [-0.15, -0.1) is 0 Å². The SMILES string of the molecule is CCCCCCCCCCCCc1ccccc1S(=O)(=O)O.OCCOCCO.[Cu]. The first-order valence-electron chi connectivity index (χ1n) is 10.8. The van der Waals surface area contributed by atoms with Crippen molar-refractivity contribution in [2.45, 2.75) is 82.4 Å². The number of ether oxygens (including phenoxy) is 1. The summed E-state index contributed by atoms with van der Waals surface area (Å²) in [5.41, 5.74) is 0.726. The quantitative estimate of drug-likeness (QED) is 0.178. The topological polar surface area (TPSA) is 104 Å². The van der Waals surface area contributed by atoms with Crippen LogP contribution in [0, 0.1) is 0 Å². The molecule has 0 bridgehead atoms. The van der Waals surface area contributed by atoms with Crippen LogP contribution in [0.2, 0.25) is 0 Å². The van der Waals surface area contributed by atoms with Gasteiger partial charge in [0.05, 0.1) is 31.3 Å². The summed E-state index contributed by atoms with van der Waals surface area (Å²) in [6, 6.07) is 6.73. The zero-order valence-corrected chi connectivity index (χ0v) is 20.0. The van der Waals surface area contributed by atoms with Crippen LogP contribution >= 0.6 is 0 Å². The zero-order valence-electron chi connectivity index (χ0n) is 18.2. The molecule has 0 amide bonds. The van der Waals surface area contributed by atoms with Gasteiger partial charge in [-0.25, -0.2) is 0 Å². The fourth-order valence-corrected chi connectivity index (χ4v) is 3.75. The van der Waals surface area contributed by atoms with Crippen LogP contribution in [-0.4, -0.2) is 49.6 Å². The van der Waals surface area contributed by atoms with E-state index in [0.29, 0.717) is 19.6 Å². The van der Waals surface area contributed by atoms with E-state index in [4.69, 9.17) is 10.2 Å². The Balaban J connectivity index is 0. The van der Waals surface area contributed by atoms with E-state index in [2.05, 4.69) is 11.7 Å². The van der Waals surface area contributed by atoms with Crippen LogP contribution in [0.25, 0.3) is 0 Å². The van der Waals surface area contributed by atoms with Crippen molar-refractivity contribution in [1.29, 1.82) is 0 Å². The van der Waals surface area contributed by atoms with E-state index in [1.807, 2.05) is 6.07 Å². The Morgan fingerprint density at radius 2 is 1.27 bits per heavy atom. The average molecular weight is 496 g/mol. The summed E-state index contributed by atoms with van der Waals surface area (Å²) in [6.07, 6.45) is 13.3. The first-order chi connectivity index (χ1) is 14.0. The molecule has 0 spiro atoms. The summed E-state index contributed by atoms with van der Waals surface area (Å²) in [5.74, 6) is 0. The smallest absolute Gasteiger partial charge is 0.294 e. The predicted octanol–water partition coefficient (Wildman–Crippen LogP) is 4.38. The molecule has 0 fully saturated rings. The molecule has 0 aliphatic carbocycles. The largest absolute Gasteiger partial charge is 0.394 e. The van der Waals surface area contributed by atoms with Gasteiger partial charge in [-0.1, -0.05) is 82.9 Å². The molecule has 0 aliphatic rings. The summed E-state index contributed by atoms with van der Waals surface area (Å²) in [6.45, 7) is 2.93. The van der Waals surface area contributed by atoms with Crippen LogP contribution < -0.4 is 0 Å². The second kappa shape index (κ2) is 21.7. The maximum Gasteiger partial charge on any atom is 0.294 e. The first kappa shape index (κ1) is 31.7. The van der Waals surface area contributed by atoms with E-state index in [9.17, 15) is 13.0 Å². The van der Waals surface area contributed by atoms with Gasteiger partial charge >= 0.3 is 0 Å². The third-order valence-electron chi connectivity index (χ3n) is 4.52. The Kier molecular flexibility index (Phi) is 23.0. The minimum Gasteiger partial charge on any atom is -0.394 e. The summed E-state index contributed by atoms with van der Waals surface area (Å²) in [4.78, 5) is 0.0610. The van der Waals surface area contributed by atoms with Gasteiger partial charge < -0.3 is 14.9 Å². The number of rotatable bonds is 16. The molecule has 1 rings (SSSR count). The van der Waals surface area contributed by atoms with Crippen molar-refractivity contribution in [3.63, 3.8) is 0 Å². The Hall–Kier alpha value is -0.471. The zero-order chi connectivity index (χ0) is 21.8. The Bertz CT molecular complexity index is 591. The molecule has 30 heavy (non-hydrogen) atoms. The summed E-state index contributed by atoms with van der Waals surface area (Å²) >= 11 is 0. The summed E-state index contributed by atoms with van der Waals surface area (Å²) in [5, 5.41) is 16.2. The maximum atomic E-state index is 11.3. The molecule has 0 heterocycles. The van der Waals surface area contributed by atoms with Crippen LogP contribution in [0.5, 0.6) is 0 Å². The van der Waals surface area contributed by atoms with Gasteiger partial charge in [0.1, 0.15) is 0 Å². The monoisotopic (exact) mass is 495 g/mol. The molecule has 3 N–H and O–H groups in total. The van der Waals surface area contributed by atoms with Crippen molar-refractivity contribution in [1.82, 2.24) is 0 Å². The van der Waals surface area contributed by atoms with Gasteiger partial charge in [0.25, 0.3) is 10.1 Å². The average Bonchev–Trinajstić information content (AvgIpc) is 2.70. The molecule has 1 aromatic carbocycles. The molecular formula is C22H40CuO6S. The first-order valence-corrected chi connectivity index (χ1v) is 12.3. The van der Waals surface area contributed by atoms with E-state index in [0.717, 1.165) is 18.4 Å². The van der Waals surface area contributed by atoms with Gasteiger partial charge in [-0.2, -0.15) is 8.42 Å². The van der Waals surface area contributed by atoms with Gasteiger partial charge in [-0.3, -0.25) is 4.55 Å². The van der Waals surface area contributed by atoms with Gasteiger partial charge in [0, 0.05) is 17.1 Å². The van der Waals surface area contributed by atoms with E-state index < -0.39 is 10.1 Å². The maximum absolute atomic E-state index is 11.3. The second-order valence-electron chi connectivity index (χ2n) is 7.07. The Morgan fingerprint density at radius 3 is 1.73 bits per heavy atom. The van der Waals surface area contributed by atoms with E-state index in [1.165, 1.54) is 57.4 Å². The Labute approximate surface area is 193 Å². The molecule has 0 saturated heterocycles. The minimum atomic E-state index is -4.10. The molecule has 0 aromatic heterocycles. The van der Waals surface area contributed by atoms with Crippen LogP contribution in [0.4, 0.5) is 0 Å². The number of benzene rings is 1. The number of aliphatic hydroxyl groups excluding tert-OH is 2. The van der Waals surface area contributed by atoms with Gasteiger partial charge in [0.2, 0.25) is 0 Å². The van der Waals surface area contributed by atoms with Crippen molar-refractivity contribution in [3.05, 3.63) is 29.8 Å². The van der Waals surface area contributed by atoms with Crippen LogP contribution in [0.1, 0.15) is 76.7 Å². The molecule has 0 unspecified atom stereocenters. The third kappa shape index (κ3) is 18.3. The predicted molar refractivity (Wildman–Crippen MR) is 117 cm³/mol. The fraction of sp³-hybridized carbons (Fsp3) is 0.727. The molecular weight excluding hydrogens is 456 g/mol. The van der Waals surface area contributed by atoms with Crippen LogP contribution in [0.3, 0.4) is 0 Å². The minimum absolute atomic E-state index is 0. The van der Waals surface area contributed by atoms with E-state index in [-0.39, 0.29) is 35.2 Å². The summed E-state index contributed by atoms with van der Waals surface area (Å²) in [7, 11) is -4.10. The fourth-order valence-electron chi connectivity index (χ4n) is 3.00. The molecule has 0 saturated carbocycles. The van der Waals surface area contributed by atoms with E-state index in [1.54, 1.807) is 12.1 Å². The number of aryl methyl sites for hydroxylation is 1. The van der Waals surface area contributed by atoms with Gasteiger partial charge in [0.15, 0.2) is 0 Å². The van der Waals surface area contributed by atoms with Crippen molar-refractivity contribution in [2.24, 2.45) is 0 Å². The molecule has 8 heteroatoms. The summed E-state index contributed by atoms with van der Waals surface area (Å²) < 4.78 is 36.4. The molecule has 1 radical (unpaired) electrons. The number of hydrogen-bond donors (Lipinski definition) is 3. The van der Waals surface area contributed by atoms with Crippen molar-refractivity contribution in [3.8, 4) is 0 Å². The molecule has 181 valence electrons. The number of hydrogen-bond acceptors (Lipinski definition) is 5. The Morgan fingerprint density at radius 1 is 0.800 bits per heavy atom. The normalized spacial score (nSPS) is 10.8. The van der Waals surface area contributed by atoms with Crippen molar-refractivity contribution in [2.75, 3.05) is 26.4 Å². The van der Waals surface area contributed by atoms with E-state index >= 15 is 0 Å². The molecule has 0 aliphatic heterocycles. The van der Waals surface area contributed by atoms with Crippen LogP contribution in [0.15, 0.2) is 29.2 Å². The molecule has 1 aromatic rings. The number of unbranched alkanes of at least 4 members (excludes halogenated alkanes) is 9. The van der Waals surface area contributed by atoms with Crippen LogP contribution in [-0.2, 0) is 38.3 Å². The number of aliphatic hydroxyl groups is 2.